The highest BCUT2D eigenvalue weighted by Gasteiger charge is 2.30. The highest BCUT2D eigenvalue weighted by Crippen LogP contribution is 2.40. The summed E-state index contributed by atoms with van der Waals surface area (Å²) in [7, 11) is 0. The van der Waals surface area contributed by atoms with Gasteiger partial charge in [0.05, 0.1) is 0 Å². The molecule has 0 radical (unpaired) electrons. The lowest BCUT2D eigenvalue weighted by molar-refractivity contribution is 0.131. The van der Waals surface area contributed by atoms with Crippen LogP contribution < -0.4 is 0 Å². The molecule has 14 heavy (non-hydrogen) atoms. The Bertz CT molecular complexity index is 192. The number of hydrogen-bond donors (Lipinski definition) is 0. The second kappa shape index (κ2) is 5.00. The third-order valence-electron chi connectivity index (χ3n) is 4.06. The first-order valence-electron chi connectivity index (χ1n) is 6.15. The van der Waals surface area contributed by atoms with Gasteiger partial charge in [0, 0.05) is 0 Å². The molecule has 0 aromatic heterocycles. The van der Waals surface area contributed by atoms with E-state index < -0.39 is 0 Å². The van der Waals surface area contributed by atoms with E-state index >= 15 is 0 Å². The Morgan fingerprint density at radius 2 is 1.86 bits per heavy atom. The molecule has 0 heteroatoms. The third kappa shape index (κ3) is 3.15. The molecule has 0 aliphatic heterocycles. The molecule has 4 unspecified atom stereocenters. The first-order chi connectivity index (χ1) is 6.50. The van der Waals surface area contributed by atoms with Crippen molar-refractivity contribution in [2.75, 3.05) is 0 Å². The molecule has 1 saturated carbocycles. The molecule has 1 fully saturated rings. The van der Waals surface area contributed by atoms with Crippen LogP contribution in [0.25, 0.3) is 0 Å². The van der Waals surface area contributed by atoms with E-state index in [1.165, 1.54) is 31.3 Å². The van der Waals surface area contributed by atoms with E-state index in [-0.39, 0.29) is 0 Å². The van der Waals surface area contributed by atoms with E-state index in [0.717, 1.165) is 23.7 Å². The highest BCUT2D eigenvalue weighted by atomic mass is 14.4. The molecule has 0 amide bonds. The van der Waals surface area contributed by atoms with Crippen molar-refractivity contribution in [3.05, 3.63) is 12.2 Å². The first kappa shape index (κ1) is 11.8. The van der Waals surface area contributed by atoms with E-state index in [4.69, 9.17) is 0 Å². The minimum Gasteiger partial charge on any atom is -0.100 e. The fraction of sp³-hybridized carbons (Fsp3) is 0.857. The largest absolute Gasteiger partial charge is 0.100 e. The molecule has 0 bridgehead atoms. The molecule has 0 heterocycles. The van der Waals surface area contributed by atoms with Gasteiger partial charge in [-0.15, -0.1) is 6.58 Å². The Morgan fingerprint density at radius 1 is 1.21 bits per heavy atom. The summed E-state index contributed by atoms with van der Waals surface area (Å²) in [6.45, 7) is 13.4. The van der Waals surface area contributed by atoms with Crippen LogP contribution in [0.1, 0.15) is 53.4 Å². The van der Waals surface area contributed by atoms with Gasteiger partial charge in [-0.3, -0.25) is 0 Å². The summed E-state index contributed by atoms with van der Waals surface area (Å²) in [5.41, 5.74) is 1.35. The van der Waals surface area contributed by atoms with Gasteiger partial charge in [-0.1, -0.05) is 26.3 Å². The van der Waals surface area contributed by atoms with Crippen LogP contribution >= 0.6 is 0 Å². The SMILES string of the molecule is C=C(C)CCC1CC(C)CC(C)C1C. The van der Waals surface area contributed by atoms with Gasteiger partial charge in [-0.05, 0) is 56.3 Å². The van der Waals surface area contributed by atoms with Crippen LogP contribution in [0.4, 0.5) is 0 Å². The lowest BCUT2D eigenvalue weighted by Gasteiger charge is -2.38. The van der Waals surface area contributed by atoms with Crippen LogP contribution in [0.5, 0.6) is 0 Å². The van der Waals surface area contributed by atoms with Crippen LogP contribution in [-0.2, 0) is 0 Å². The minimum absolute atomic E-state index is 0.922. The number of rotatable bonds is 3. The van der Waals surface area contributed by atoms with Gasteiger partial charge in [0.1, 0.15) is 0 Å². The van der Waals surface area contributed by atoms with Crippen molar-refractivity contribution in [2.24, 2.45) is 23.7 Å². The Morgan fingerprint density at radius 3 is 2.43 bits per heavy atom. The summed E-state index contributed by atoms with van der Waals surface area (Å²) in [5.74, 6) is 3.74. The van der Waals surface area contributed by atoms with E-state index in [2.05, 4.69) is 34.3 Å². The number of allylic oxidation sites excluding steroid dienone is 1. The first-order valence-corrected chi connectivity index (χ1v) is 6.15. The quantitative estimate of drug-likeness (QED) is 0.573. The van der Waals surface area contributed by atoms with Crippen LogP contribution in [0, 0.1) is 23.7 Å². The van der Waals surface area contributed by atoms with Crippen molar-refractivity contribution < 1.29 is 0 Å². The fourth-order valence-corrected chi connectivity index (χ4v) is 2.95. The monoisotopic (exact) mass is 194 g/mol. The molecule has 0 saturated heterocycles. The summed E-state index contributed by atoms with van der Waals surface area (Å²) in [4.78, 5) is 0. The van der Waals surface area contributed by atoms with Crippen molar-refractivity contribution in [3.8, 4) is 0 Å². The van der Waals surface area contributed by atoms with Crippen LogP contribution in [0.2, 0.25) is 0 Å². The zero-order valence-corrected chi connectivity index (χ0v) is 10.3. The van der Waals surface area contributed by atoms with Gasteiger partial charge in [0.25, 0.3) is 0 Å². The average Bonchev–Trinajstić information content (AvgIpc) is 2.08. The molecule has 0 nitrogen and oxygen atoms in total. The average molecular weight is 194 g/mol. The molecule has 82 valence electrons. The standard InChI is InChI=1S/C14H26/c1-10(2)6-7-14-9-11(3)8-12(4)13(14)5/h11-14H,1,6-9H2,2-5H3. The maximum Gasteiger partial charge on any atom is -0.0323 e. The lowest BCUT2D eigenvalue weighted by Crippen LogP contribution is -2.28. The summed E-state index contributed by atoms with van der Waals surface area (Å²) in [6, 6.07) is 0. The summed E-state index contributed by atoms with van der Waals surface area (Å²) >= 11 is 0. The van der Waals surface area contributed by atoms with Gasteiger partial charge in [0.2, 0.25) is 0 Å². The van der Waals surface area contributed by atoms with Gasteiger partial charge in [-0.2, -0.15) is 0 Å². The molecule has 0 spiro atoms. The molecule has 4 atom stereocenters. The molecular formula is C14H26. The van der Waals surface area contributed by atoms with Gasteiger partial charge >= 0.3 is 0 Å². The van der Waals surface area contributed by atoms with Crippen molar-refractivity contribution in [1.82, 2.24) is 0 Å². The third-order valence-corrected chi connectivity index (χ3v) is 4.06. The molecule has 1 rings (SSSR count). The second-order valence-corrected chi connectivity index (χ2v) is 5.67. The van der Waals surface area contributed by atoms with Gasteiger partial charge < -0.3 is 0 Å². The summed E-state index contributed by atoms with van der Waals surface area (Å²) in [6.07, 6.45) is 5.48. The molecule has 1 aliphatic carbocycles. The molecular weight excluding hydrogens is 168 g/mol. The zero-order chi connectivity index (χ0) is 10.7. The zero-order valence-electron chi connectivity index (χ0n) is 10.3. The van der Waals surface area contributed by atoms with Crippen LogP contribution in [-0.4, -0.2) is 0 Å². The van der Waals surface area contributed by atoms with E-state index in [1.807, 2.05) is 0 Å². The Hall–Kier alpha value is -0.260. The van der Waals surface area contributed by atoms with Gasteiger partial charge in [0.15, 0.2) is 0 Å². The Balaban J connectivity index is 2.45. The molecule has 0 aromatic rings. The predicted molar refractivity (Wildman–Crippen MR) is 64.3 cm³/mol. The van der Waals surface area contributed by atoms with Crippen molar-refractivity contribution in [3.63, 3.8) is 0 Å². The van der Waals surface area contributed by atoms with Crippen molar-refractivity contribution in [1.29, 1.82) is 0 Å². The summed E-state index contributed by atoms with van der Waals surface area (Å²) < 4.78 is 0. The molecule has 0 aromatic carbocycles. The Kier molecular flexibility index (Phi) is 4.22. The van der Waals surface area contributed by atoms with Crippen LogP contribution in [0.3, 0.4) is 0 Å². The minimum atomic E-state index is 0.922. The number of hydrogen-bond acceptors (Lipinski definition) is 0. The fourth-order valence-electron chi connectivity index (χ4n) is 2.95. The normalized spacial score (nSPS) is 38.3. The predicted octanol–water partition coefficient (Wildman–Crippen LogP) is 4.66. The van der Waals surface area contributed by atoms with Crippen LogP contribution in [0.15, 0.2) is 12.2 Å². The van der Waals surface area contributed by atoms with Crippen molar-refractivity contribution in [2.45, 2.75) is 53.4 Å². The highest BCUT2D eigenvalue weighted by molar-refractivity contribution is 4.90. The molecule has 0 N–H and O–H groups in total. The summed E-state index contributed by atoms with van der Waals surface area (Å²) in [5, 5.41) is 0. The topological polar surface area (TPSA) is 0 Å². The maximum atomic E-state index is 4.00. The smallest absolute Gasteiger partial charge is 0.0323 e. The van der Waals surface area contributed by atoms with Gasteiger partial charge in [-0.25, -0.2) is 0 Å². The van der Waals surface area contributed by atoms with E-state index in [9.17, 15) is 0 Å². The molecule has 1 aliphatic rings. The van der Waals surface area contributed by atoms with E-state index in [0.29, 0.717) is 0 Å². The second-order valence-electron chi connectivity index (χ2n) is 5.67. The maximum absolute atomic E-state index is 4.00. The van der Waals surface area contributed by atoms with Crippen molar-refractivity contribution >= 4 is 0 Å². The Labute approximate surface area is 89.8 Å². The lowest BCUT2D eigenvalue weighted by atomic mass is 9.68. The van der Waals surface area contributed by atoms with E-state index in [1.54, 1.807) is 0 Å².